The molecule has 2 aliphatic rings. The van der Waals surface area contributed by atoms with Gasteiger partial charge in [-0.2, -0.15) is 0 Å². The molecule has 0 radical (unpaired) electrons. The first kappa shape index (κ1) is 37.7. The molecule has 0 amide bonds. The van der Waals surface area contributed by atoms with E-state index in [9.17, 15) is 0 Å². The van der Waals surface area contributed by atoms with E-state index < -0.39 is 11.3 Å². The molecule has 2 aliphatic heterocycles. The van der Waals surface area contributed by atoms with Crippen LogP contribution in [0, 0.1) is 0 Å². The summed E-state index contributed by atoms with van der Waals surface area (Å²) in [6.07, 6.45) is 0. The number of methoxy groups -OCH3 is 6. The first-order valence-corrected chi connectivity index (χ1v) is 18.7. The van der Waals surface area contributed by atoms with Crippen molar-refractivity contribution in [1.29, 1.82) is 0 Å². The molecular weight excluding hydrogens is 729 g/mol. The molecule has 10 nitrogen and oxygen atoms in total. The molecule has 0 bridgehead atoms. The third-order valence-corrected chi connectivity index (χ3v) is 10.3. The Hall–Kier alpha value is -7.20. The highest BCUT2D eigenvalue weighted by molar-refractivity contribution is 6.56. The van der Waals surface area contributed by atoms with E-state index in [1.165, 1.54) is 0 Å². The van der Waals surface area contributed by atoms with Gasteiger partial charge in [0.15, 0.2) is 0 Å². The molecule has 0 saturated heterocycles. The Balaban J connectivity index is 1.65. The van der Waals surface area contributed by atoms with Gasteiger partial charge in [0.05, 0.1) is 76.6 Å². The highest BCUT2D eigenvalue weighted by atomic mass is 16.5. The largest absolute Gasteiger partial charge is 0.496 e. The quantitative estimate of drug-likeness (QED) is 0.116. The van der Waals surface area contributed by atoms with Crippen LogP contribution in [-0.2, 0) is 11.3 Å². The molecule has 0 aliphatic carbocycles. The number of hydrogen-bond acceptors (Lipinski definition) is 10. The van der Waals surface area contributed by atoms with E-state index in [4.69, 9.17) is 48.4 Å². The van der Waals surface area contributed by atoms with Crippen molar-refractivity contribution < 1.29 is 28.4 Å². The van der Waals surface area contributed by atoms with Gasteiger partial charge < -0.3 is 28.4 Å². The average Bonchev–Trinajstić information content (AvgIpc) is 3.91. The van der Waals surface area contributed by atoms with Crippen LogP contribution in [0.3, 0.4) is 0 Å². The maximum absolute atomic E-state index is 6.28. The van der Waals surface area contributed by atoms with Gasteiger partial charge in [0.2, 0.25) is 11.3 Å². The second-order valence-electron chi connectivity index (χ2n) is 13.5. The van der Waals surface area contributed by atoms with Gasteiger partial charge in [-0.05, 0) is 0 Å². The fourth-order valence-corrected chi connectivity index (χ4v) is 7.68. The summed E-state index contributed by atoms with van der Waals surface area (Å²) in [7, 11) is 9.56. The Morgan fingerprint density at radius 2 is 0.534 bits per heavy atom. The lowest BCUT2D eigenvalue weighted by Gasteiger charge is -2.40. The van der Waals surface area contributed by atoms with Crippen LogP contribution in [0.4, 0.5) is 0 Å². The second kappa shape index (κ2) is 15.7. The molecule has 0 spiro atoms. The summed E-state index contributed by atoms with van der Waals surface area (Å²) in [5.41, 5.74) is 3.03. The van der Waals surface area contributed by atoms with Crippen molar-refractivity contribution in [3.05, 3.63) is 179 Å². The maximum atomic E-state index is 6.28. The summed E-state index contributed by atoms with van der Waals surface area (Å²) >= 11 is 0. The van der Waals surface area contributed by atoms with Crippen LogP contribution >= 0.6 is 0 Å². The minimum Gasteiger partial charge on any atom is -0.496 e. The Kier molecular flexibility index (Phi) is 10.2. The molecule has 6 aromatic carbocycles. The van der Waals surface area contributed by atoms with E-state index >= 15 is 0 Å². The molecule has 0 unspecified atom stereocenters. The first-order valence-electron chi connectivity index (χ1n) is 18.7. The Bertz CT molecular complexity index is 2230. The van der Waals surface area contributed by atoms with Gasteiger partial charge in [-0.1, -0.05) is 121 Å². The van der Waals surface area contributed by atoms with E-state index in [2.05, 4.69) is 0 Å². The van der Waals surface area contributed by atoms with Gasteiger partial charge in [0.25, 0.3) is 0 Å². The van der Waals surface area contributed by atoms with Crippen LogP contribution in [0.2, 0.25) is 0 Å². The van der Waals surface area contributed by atoms with Crippen LogP contribution in [-0.4, -0.2) is 65.5 Å². The third kappa shape index (κ3) is 6.23. The number of rotatable bonds is 13. The predicted molar refractivity (Wildman–Crippen MR) is 227 cm³/mol. The van der Waals surface area contributed by atoms with E-state index in [-0.39, 0.29) is 0 Å². The topological polar surface area (TPSA) is 105 Å². The number of aliphatic imine (C=N–C) groups is 4. The van der Waals surface area contributed by atoms with E-state index in [1.54, 1.807) is 66.9 Å². The fraction of sp³-hybridized carbons (Fsp3) is 0.167. The van der Waals surface area contributed by atoms with Crippen LogP contribution in [0.5, 0.6) is 34.5 Å². The minimum absolute atomic E-state index is 0.385. The van der Waals surface area contributed by atoms with Gasteiger partial charge >= 0.3 is 0 Å². The van der Waals surface area contributed by atoms with E-state index in [0.717, 1.165) is 22.3 Å². The summed E-state index contributed by atoms with van der Waals surface area (Å²) in [6, 6.07) is 47.0. The van der Waals surface area contributed by atoms with Gasteiger partial charge in [0, 0.05) is 46.5 Å². The van der Waals surface area contributed by atoms with Gasteiger partial charge in [-0.15, -0.1) is 0 Å². The van der Waals surface area contributed by atoms with Gasteiger partial charge in [0.1, 0.15) is 34.5 Å². The lowest BCUT2D eigenvalue weighted by atomic mass is 9.80. The smallest absolute Gasteiger partial charge is 0.233 e. The van der Waals surface area contributed by atoms with Crippen molar-refractivity contribution in [3.63, 3.8) is 0 Å². The lowest BCUT2D eigenvalue weighted by Crippen LogP contribution is -2.44. The predicted octanol–water partition coefficient (Wildman–Crippen LogP) is 8.73. The molecule has 58 heavy (non-hydrogen) atoms. The average molecular weight is 771 g/mol. The monoisotopic (exact) mass is 770 g/mol. The zero-order valence-electron chi connectivity index (χ0n) is 33.1. The summed E-state index contributed by atoms with van der Waals surface area (Å²) in [6.45, 7) is 0. The molecule has 0 aromatic heterocycles. The van der Waals surface area contributed by atoms with Crippen LogP contribution in [0.15, 0.2) is 166 Å². The summed E-state index contributed by atoms with van der Waals surface area (Å²) in [4.78, 5) is 23.3. The van der Waals surface area contributed by atoms with E-state index in [0.29, 0.717) is 68.5 Å². The maximum Gasteiger partial charge on any atom is 0.233 e. The van der Waals surface area contributed by atoms with Crippen LogP contribution in [0.1, 0.15) is 33.4 Å². The highest BCUT2D eigenvalue weighted by Crippen LogP contribution is 2.62. The van der Waals surface area contributed by atoms with Crippen LogP contribution in [0.25, 0.3) is 0 Å². The molecule has 0 saturated carbocycles. The summed E-state index contributed by atoms with van der Waals surface area (Å²) in [5, 5.41) is 0. The number of ether oxygens (including phenoxy) is 6. The normalized spacial score (nSPS) is 15.1. The zero-order valence-corrected chi connectivity index (χ0v) is 33.1. The van der Waals surface area contributed by atoms with Gasteiger partial charge in [-0.3, -0.25) is 0 Å². The summed E-state index contributed by atoms with van der Waals surface area (Å²) < 4.78 is 36.7. The molecule has 6 aromatic rings. The first-order chi connectivity index (χ1) is 28.4. The Labute approximate surface area is 337 Å². The van der Waals surface area contributed by atoms with E-state index in [1.807, 2.05) is 121 Å². The Morgan fingerprint density at radius 1 is 0.310 bits per heavy atom. The standard InChI is InChI=1S/C48H42N4O6/c1-53-35-27-37(55-3)41(38(28-35)56-4)47(49-43(31-19-11-7-12-20-31)44(50-47)32-21-13-8-14-22-32)48(42-39(57-5)29-36(54-2)30-40(42)58-6)51-45(33-23-15-9-16-24-33)46(52-48)34-25-17-10-18-26-34/h7-30H,1-6H3. The van der Waals surface area contributed by atoms with Gasteiger partial charge in [-0.25, -0.2) is 20.0 Å². The zero-order chi connectivity index (χ0) is 40.3. The number of nitrogens with zero attached hydrogens (tertiary/aromatic N) is 4. The molecule has 290 valence electrons. The third-order valence-electron chi connectivity index (χ3n) is 10.3. The van der Waals surface area contributed by atoms with Crippen molar-refractivity contribution in [3.8, 4) is 34.5 Å². The molecule has 2 heterocycles. The molecular formula is C48H42N4O6. The molecule has 0 atom stereocenters. The Morgan fingerprint density at radius 3 is 0.724 bits per heavy atom. The molecule has 8 rings (SSSR count). The second-order valence-corrected chi connectivity index (χ2v) is 13.5. The number of benzene rings is 6. The van der Waals surface area contributed by atoms with Crippen LogP contribution < -0.4 is 28.4 Å². The van der Waals surface area contributed by atoms with Crippen molar-refractivity contribution in [2.24, 2.45) is 20.0 Å². The van der Waals surface area contributed by atoms with Crippen molar-refractivity contribution >= 4 is 22.8 Å². The summed E-state index contributed by atoms with van der Waals surface area (Å²) in [5.74, 6) is 2.55. The molecule has 10 heteroatoms. The van der Waals surface area contributed by atoms with Crippen molar-refractivity contribution in [1.82, 2.24) is 0 Å². The number of hydrogen-bond donors (Lipinski definition) is 0. The molecule has 0 N–H and O–H groups in total. The SMILES string of the molecule is COc1cc(OC)c(C2(C3(c4c(OC)cc(OC)cc4OC)N=C(c4ccccc4)C(c4ccccc4)=N3)N=C(c3ccccc3)C(c3ccccc3)=N2)c(OC)c1. The van der Waals surface area contributed by atoms with Crippen molar-refractivity contribution in [2.45, 2.75) is 11.3 Å². The fourth-order valence-electron chi connectivity index (χ4n) is 7.68. The minimum atomic E-state index is -1.82. The molecule has 0 fully saturated rings. The lowest BCUT2D eigenvalue weighted by molar-refractivity contribution is 0.223. The highest BCUT2D eigenvalue weighted by Gasteiger charge is 2.65. The van der Waals surface area contributed by atoms with Crippen molar-refractivity contribution in [2.75, 3.05) is 42.7 Å².